The molecule has 10 atom stereocenters. The summed E-state index contributed by atoms with van der Waals surface area (Å²) in [6.45, 7) is 11.3. The highest BCUT2D eigenvalue weighted by Gasteiger charge is 2.68. The van der Waals surface area contributed by atoms with Gasteiger partial charge in [0.15, 0.2) is 0 Å². The van der Waals surface area contributed by atoms with Crippen LogP contribution < -0.4 is 38.1 Å². The van der Waals surface area contributed by atoms with Gasteiger partial charge in [-0.05, 0) is 119 Å². The van der Waals surface area contributed by atoms with E-state index in [0.717, 1.165) is 24.0 Å². The van der Waals surface area contributed by atoms with Crippen molar-refractivity contribution in [3.8, 4) is 11.1 Å². The van der Waals surface area contributed by atoms with Crippen LogP contribution in [0.4, 0.5) is 0 Å². The quantitative estimate of drug-likeness (QED) is 0.0802. The standard InChI is InChI=1S/C41H59BClN7O8/c1-22(35(52)48-30(9-7-8-18-44)37(54)47-24(3)42-57-33-20-28-19-32(40(28,4)5)41(33,6)58-42)46-39(56)34(23(2)51)50-38(55)31(21-45)49-36(53)27-12-10-25(11-13-27)26-14-16-29(43)17-15-26/h10-17,22-24,28,30-34,51H,7-9,18-21,44-45H2,1-6H3,(H,46,56)(H,47,54)(H,48,52)(H,49,53)(H,50,55)/t22-,23+,24-,28-,30-,31-,32-,33?,34-,41-/m0/s1. The lowest BCUT2D eigenvalue weighted by atomic mass is 9.43. The maximum absolute atomic E-state index is 13.6. The average Bonchev–Trinajstić information content (AvgIpc) is 3.56. The van der Waals surface area contributed by atoms with Crippen molar-refractivity contribution in [2.24, 2.45) is 28.7 Å². The number of amides is 5. The van der Waals surface area contributed by atoms with Crippen LogP contribution in [0, 0.1) is 17.3 Å². The molecule has 4 aliphatic rings. The van der Waals surface area contributed by atoms with Gasteiger partial charge in [-0.15, -0.1) is 0 Å². The van der Waals surface area contributed by atoms with E-state index in [1.54, 1.807) is 36.4 Å². The van der Waals surface area contributed by atoms with Gasteiger partial charge < -0.3 is 52.5 Å². The van der Waals surface area contributed by atoms with Gasteiger partial charge in [0, 0.05) is 17.1 Å². The molecule has 3 aliphatic carbocycles. The third-order valence-corrected chi connectivity index (χ3v) is 12.6. The summed E-state index contributed by atoms with van der Waals surface area (Å²) in [6.07, 6.45) is 2.03. The van der Waals surface area contributed by atoms with Crippen molar-refractivity contribution in [3.63, 3.8) is 0 Å². The van der Waals surface area contributed by atoms with Crippen LogP contribution in [0.1, 0.15) is 84.0 Å². The fourth-order valence-electron chi connectivity index (χ4n) is 8.52. The molecular weight excluding hydrogens is 765 g/mol. The highest BCUT2D eigenvalue weighted by molar-refractivity contribution is 6.47. The number of aliphatic hydroxyl groups excluding tert-OH is 1. The Balaban J connectivity index is 1.14. The molecule has 1 saturated heterocycles. The van der Waals surface area contributed by atoms with E-state index in [1.807, 2.05) is 19.1 Å². The van der Waals surface area contributed by atoms with Gasteiger partial charge >= 0.3 is 7.12 Å². The van der Waals surface area contributed by atoms with Gasteiger partial charge in [-0.25, -0.2) is 0 Å². The number of hydrogen-bond donors (Lipinski definition) is 8. The molecular formula is C41H59BClN7O8. The molecule has 1 unspecified atom stereocenters. The van der Waals surface area contributed by atoms with Crippen LogP contribution in [0.3, 0.4) is 0 Å². The van der Waals surface area contributed by atoms with Crippen LogP contribution in [-0.2, 0) is 28.5 Å². The molecule has 0 spiro atoms. The molecule has 17 heteroatoms. The smallest absolute Gasteiger partial charge is 0.404 e. The summed E-state index contributed by atoms with van der Waals surface area (Å²) >= 11 is 5.98. The predicted octanol–water partition coefficient (Wildman–Crippen LogP) is 1.82. The second-order valence-corrected chi connectivity index (χ2v) is 17.2. The number of hydrogen-bond acceptors (Lipinski definition) is 10. The lowest BCUT2D eigenvalue weighted by molar-refractivity contribution is -0.199. The monoisotopic (exact) mass is 823 g/mol. The maximum atomic E-state index is 13.6. The first-order valence-corrected chi connectivity index (χ1v) is 20.6. The first kappa shape index (κ1) is 45.0. The Morgan fingerprint density at radius 2 is 1.43 bits per heavy atom. The fraction of sp³-hybridized carbons (Fsp3) is 0.585. The zero-order chi connectivity index (χ0) is 42.5. The van der Waals surface area contributed by atoms with Crippen LogP contribution in [0.5, 0.6) is 0 Å². The van der Waals surface area contributed by atoms with Crippen molar-refractivity contribution >= 4 is 48.3 Å². The van der Waals surface area contributed by atoms with E-state index < -0.39 is 78.5 Å². The van der Waals surface area contributed by atoms with Crippen molar-refractivity contribution < 1.29 is 38.4 Å². The SMILES string of the molecule is C[C@H](NC(=O)[C@H](CCCCN)NC(=O)[C@H](C)NC(=O)[C@@H](NC(=O)[C@H](CN)NC(=O)c1ccc(-c2ccc(Cl)cc2)cc1)[C@@H](C)O)B1OC2C[C@@H]3C[C@@H](C3(C)C)[C@]2(C)O1. The lowest BCUT2D eigenvalue weighted by Crippen LogP contribution is -2.65. The summed E-state index contributed by atoms with van der Waals surface area (Å²) in [7, 11) is -0.653. The lowest BCUT2D eigenvalue weighted by Gasteiger charge is -2.64. The van der Waals surface area contributed by atoms with E-state index in [2.05, 4.69) is 47.4 Å². The zero-order valence-electron chi connectivity index (χ0n) is 34.2. The Morgan fingerprint density at radius 3 is 2.02 bits per heavy atom. The molecule has 15 nitrogen and oxygen atoms in total. The minimum absolute atomic E-state index is 0.0572. The van der Waals surface area contributed by atoms with E-state index in [4.69, 9.17) is 32.4 Å². The second-order valence-electron chi connectivity index (χ2n) is 16.8. The van der Waals surface area contributed by atoms with Crippen LogP contribution in [0.2, 0.25) is 5.02 Å². The van der Waals surface area contributed by atoms with Crippen molar-refractivity contribution in [1.29, 1.82) is 0 Å². The molecule has 4 fully saturated rings. The molecule has 3 saturated carbocycles. The van der Waals surface area contributed by atoms with Gasteiger partial charge in [0.05, 0.1) is 23.8 Å². The van der Waals surface area contributed by atoms with Gasteiger partial charge in [0.2, 0.25) is 23.6 Å². The van der Waals surface area contributed by atoms with Gasteiger partial charge in [-0.1, -0.05) is 49.7 Å². The van der Waals surface area contributed by atoms with Crippen LogP contribution in [-0.4, -0.2) is 103 Å². The number of rotatable bonds is 18. The molecule has 2 aromatic rings. The van der Waals surface area contributed by atoms with Gasteiger partial charge in [0.1, 0.15) is 24.2 Å². The molecule has 2 aromatic carbocycles. The first-order valence-electron chi connectivity index (χ1n) is 20.2. The Morgan fingerprint density at radius 1 is 0.810 bits per heavy atom. The second kappa shape index (κ2) is 18.9. The summed E-state index contributed by atoms with van der Waals surface area (Å²) in [4.78, 5) is 66.7. The third kappa shape index (κ3) is 10.0. The van der Waals surface area contributed by atoms with Crippen LogP contribution in [0.15, 0.2) is 48.5 Å². The van der Waals surface area contributed by atoms with E-state index in [1.165, 1.54) is 13.8 Å². The summed E-state index contributed by atoms with van der Waals surface area (Å²) in [5.74, 6) is -2.94. The Labute approximate surface area is 346 Å². The average molecular weight is 824 g/mol. The van der Waals surface area contributed by atoms with E-state index in [9.17, 15) is 29.1 Å². The third-order valence-electron chi connectivity index (χ3n) is 12.3. The zero-order valence-corrected chi connectivity index (χ0v) is 34.9. The van der Waals surface area contributed by atoms with Gasteiger partial charge in [-0.2, -0.15) is 0 Å². The highest BCUT2D eigenvalue weighted by Crippen LogP contribution is 2.65. The number of halogens is 1. The minimum atomic E-state index is -1.51. The number of benzene rings is 2. The van der Waals surface area contributed by atoms with Gasteiger partial charge in [0.25, 0.3) is 5.91 Å². The van der Waals surface area contributed by atoms with Crippen molar-refractivity contribution in [2.45, 2.75) is 122 Å². The molecule has 1 heterocycles. The Hall–Kier alpha value is -4.06. The molecule has 0 aromatic heterocycles. The Bertz CT molecular complexity index is 1800. The first-order chi connectivity index (χ1) is 27.4. The summed E-state index contributed by atoms with van der Waals surface area (Å²) in [6, 6.07) is 9.04. The number of carbonyl (C=O) groups is 5. The van der Waals surface area contributed by atoms with E-state index in [0.29, 0.717) is 36.2 Å². The molecule has 2 bridgehead atoms. The summed E-state index contributed by atoms with van der Waals surface area (Å²) < 4.78 is 12.9. The summed E-state index contributed by atoms with van der Waals surface area (Å²) in [5.41, 5.74) is 13.3. The van der Waals surface area contributed by atoms with Crippen molar-refractivity contribution in [2.75, 3.05) is 13.1 Å². The van der Waals surface area contributed by atoms with Crippen LogP contribution in [0.25, 0.3) is 11.1 Å². The topological polar surface area (TPSA) is 236 Å². The number of carbonyl (C=O) groups excluding carboxylic acids is 5. The summed E-state index contributed by atoms with van der Waals surface area (Å²) in [5, 5.41) is 24.3. The number of aliphatic hydroxyl groups is 1. The molecule has 0 radical (unpaired) electrons. The number of nitrogens with two attached hydrogens (primary N) is 2. The largest absolute Gasteiger partial charge is 0.481 e. The van der Waals surface area contributed by atoms with Crippen molar-refractivity contribution in [1.82, 2.24) is 26.6 Å². The molecule has 1 aliphatic heterocycles. The van der Waals surface area contributed by atoms with Crippen LogP contribution >= 0.6 is 11.6 Å². The fourth-order valence-corrected chi connectivity index (χ4v) is 8.65. The maximum Gasteiger partial charge on any atom is 0.481 e. The normalized spacial score (nSPS) is 24.7. The molecule has 316 valence electrons. The van der Waals surface area contributed by atoms with Crippen molar-refractivity contribution in [3.05, 3.63) is 59.1 Å². The Kier molecular flexibility index (Phi) is 14.7. The predicted molar refractivity (Wildman–Crippen MR) is 221 cm³/mol. The van der Waals surface area contributed by atoms with Gasteiger partial charge in [-0.3, -0.25) is 24.0 Å². The molecule has 10 N–H and O–H groups in total. The number of unbranched alkanes of at least 4 members (excludes halogenated alkanes) is 1. The molecule has 6 rings (SSSR count). The minimum Gasteiger partial charge on any atom is -0.404 e. The highest BCUT2D eigenvalue weighted by atomic mass is 35.5. The van der Waals surface area contributed by atoms with E-state index in [-0.39, 0.29) is 30.0 Å². The molecule has 5 amide bonds. The number of nitrogens with one attached hydrogen (secondary N) is 5. The van der Waals surface area contributed by atoms with E-state index >= 15 is 0 Å². The molecule has 58 heavy (non-hydrogen) atoms.